The van der Waals surface area contributed by atoms with Crippen molar-refractivity contribution in [3.8, 4) is 0 Å². The zero-order valence-corrected chi connectivity index (χ0v) is 13.7. The molecule has 0 aliphatic carbocycles. The largest absolute Gasteiger partial charge is 0.379 e. The number of rotatable bonds is 5. The highest BCUT2D eigenvalue weighted by atomic mass is 16.5. The molecule has 22 heavy (non-hydrogen) atoms. The second-order valence-electron chi connectivity index (χ2n) is 6.39. The van der Waals surface area contributed by atoms with Crippen molar-refractivity contribution in [3.05, 3.63) is 35.7 Å². The smallest absolute Gasteiger partial charge is 0.0890 e. The molecule has 0 unspecified atom stereocenters. The van der Waals surface area contributed by atoms with E-state index in [1.165, 1.54) is 5.56 Å². The van der Waals surface area contributed by atoms with Gasteiger partial charge in [0.15, 0.2) is 0 Å². The molecule has 2 aromatic heterocycles. The molecular weight excluding hydrogens is 278 g/mol. The van der Waals surface area contributed by atoms with Crippen molar-refractivity contribution in [1.29, 1.82) is 0 Å². The van der Waals surface area contributed by atoms with Crippen molar-refractivity contribution < 1.29 is 9.47 Å². The number of pyridine rings is 1. The zero-order chi connectivity index (χ0) is 15.6. The first-order valence-corrected chi connectivity index (χ1v) is 7.95. The molecule has 1 aliphatic rings. The Labute approximate surface area is 131 Å². The monoisotopic (exact) mass is 303 g/mol. The average molecular weight is 303 g/mol. The van der Waals surface area contributed by atoms with Crippen LogP contribution in [0.5, 0.6) is 0 Å². The number of ether oxygens (including phenoxy) is 2. The molecule has 5 nitrogen and oxygen atoms in total. The summed E-state index contributed by atoms with van der Waals surface area (Å²) in [6.07, 6.45) is 3.96. The van der Waals surface area contributed by atoms with E-state index in [1.807, 2.05) is 10.7 Å². The highest BCUT2D eigenvalue weighted by molar-refractivity contribution is 5.53. The molecule has 1 aliphatic heterocycles. The molecule has 0 bridgehead atoms. The zero-order valence-electron chi connectivity index (χ0n) is 13.7. The van der Waals surface area contributed by atoms with Crippen molar-refractivity contribution in [1.82, 2.24) is 14.5 Å². The SMILES string of the molecule is Cc1cnn2cc(C(C)(C)OCCN3CCOCC3)ccc12. The number of nitrogens with zero attached hydrogens (tertiary/aromatic N) is 3. The minimum Gasteiger partial charge on any atom is -0.379 e. The van der Waals surface area contributed by atoms with Gasteiger partial charge in [0.1, 0.15) is 0 Å². The molecular formula is C17H25N3O2. The summed E-state index contributed by atoms with van der Waals surface area (Å²) in [7, 11) is 0. The third-order valence-corrected chi connectivity index (χ3v) is 4.38. The Morgan fingerprint density at radius 2 is 2.05 bits per heavy atom. The van der Waals surface area contributed by atoms with Crippen molar-refractivity contribution in [2.75, 3.05) is 39.5 Å². The molecule has 5 heteroatoms. The normalized spacial score (nSPS) is 17.2. The van der Waals surface area contributed by atoms with Crippen molar-refractivity contribution in [3.63, 3.8) is 0 Å². The average Bonchev–Trinajstić information content (AvgIpc) is 2.89. The van der Waals surface area contributed by atoms with Gasteiger partial charge in [0.05, 0.1) is 37.1 Å². The van der Waals surface area contributed by atoms with Gasteiger partial charge in [0, 0.05) is 31.4 Å². The maximum absolute atomic E-state index is 6.15. The molecule has 3 rings (SSSR count). The Bertz CT molecular complexity index is 630. The van der Waals surface area contributed by atoms with Gasteiger partial charge in [-0.25, -0.2) is 4.52 Å². The predicted molar refractivity (Wildman–Crippen MR) is 86.2 cm³/mol. The molecule has 0 aromatic carbocycles. The van der Waals surface area contributed by atoms with Crippen molar-refractivity contribution in [2.45, 2.75) is 26.4 Å². The highest BCUT2D eigenvalue weighted by Gasteiger charge is 2.22. The maximum atomic E-state index is 6.15. The van der Waals surface area contributed by atoms with E-state index in [0.29, 0.717) is 0 Å². The molecule has 2 aromatic rings. The molecule has 120 valence electrons. The lowest BCUT2D eigenvalue weighted by Crippen LogP contribution is -2.39. The van der Waals surface area contributed by atoms with Gasteiger partial charge in [-0.05, 0) is 32.4 Å². The number of aryl methyl sites for hydroxylation is 1. The van der Waals surface area contributed by atoms with E-state index in [9.17, 15) is 0 Å². The van der Waals surface area contributed by atoms with Crippen LogP contribution in [0.1, 0.15) is 25.0 Å². The maximum Gasteiger partial charge on any atom is 0.0890 e. The van der Waals surface area contributed by atoms with Crippen LogP contribution in [0, 0.1) is 6.92 Å². The van der Waals surface area contributed by atoms with E-state index >= 15 is 0 Å². The molecule has 0 saturated carbocycles. The van der Waals surface area contributed by atoms with E-state index in [4.69, 9.17) is 9.47 Å². The van der Waals surface area contributed by atoms with Gasteiger partial charge in [0.25, 0.3) is 0 Å². The summed E-state index contributed by atoms with van der Waals surface area (Å²) in [5, 5.41) is 4.39. The minimum absolute atomic E-state index is 0.319. The van der Waals surface area contributed by atoms with Gasteiger partial charge in [0.2, 0.25) is 0 Å². The third kappa shape index (κ3) is 3.32. The van der Waals surface area contributed by atoms with Crippen LogP contribution in [0.4, 0.5) is 0 Å². The molecule has 1 saturated heterocycles. The summed E-state index contributed by atoms with van der Waals surface area (Å²) < 4.78 is 13.4. The van der Waals surface area contributed by atoms with Crippen LogP contribution in [-0.4, -0.2) is 54.0 Å². The summed E-state index contributed by atoms with van der Waals surface area (Å²) in [5.41, 5.74) is 3.16. The van der Waals surface area contributed by atoms with Gasteiger partial charge in [-0.2, -0.15) is 5.10 Å². The van der Waals surface area contributed by atoms with Crippen LogP contribution in [-0.2, 0) is 15.1 Å². The first kappa shape index (κ1) is 15.5. The lowest BCUT2D eigenvalue weighted by Gasteiger charge is -2.30. The van der Waals surface area contributed by atoms with Crippen LogP contribution in [0.2, 0.25) is 0 Å². The Balaban J connectivity index is 1.62. The van der Waals surface area contributed by atoms with Crippen LogP contribution < -0.4 is 0 Å². The molecule has 1 fully saturated rings. The van der Waals surface area contributed by atoms with Crippen LogP contribution >= 0.6 is 0 Å². The lowest BCUT2D eigenvalue weighted by molar-refractivity contribution is -0.0422. The number of hydrogen-bond acceptors (Lipinski definition) is 4. The Morgan fingerprint density at radius 3 is 2.82 bits per heavy atom. The van der Waals surface area contributed by atoms with Gasteiger partial charge in [-0.3, -0.25) is 4.90 Å². The summed E-state index contributed by atoms with van der Waals surface area (Å²) in [5.74, 6) is 0. The quantitative estimate of drug-likeness (QED) is 0.849. The van der Waals surface area contributed by atoms with Crippen molar-refractivity contribution >= 4 is 5.52 Å². The number of morpholine rings is 1. The van der Waals surface area contributed by atoms with Gasteiger partial charge in [-0.15, -0.1) is 0 Å². The lowest BCUT2D eigenvalue weighted by atomic mass is 10.00. The number of hydrogen-bond donors (Lipinski definition) is 0. The standard InChI is InChI=1S/C17H25N3O2/c1-14-12-18-20-13-15(4-5-16(14)20)17(2,3)22-11-8-19-6-9-21-10-7-19/h4-5,12-13H,6-11H2,1-3H3. The van der Waals surface area contributed by atoms with Crippen LogP contribution in [0.15, 0.2) is 24.5 Å². The Kier molecular flexibility index (Phi) is 4.47. The second-order valence-corrected chi connectivity index (χ2v) is 6.39. The molecule has 0 amide bonds. The van der Waals surface area contributed by atoms with Gasteiger partial charge >= 0.3 is 0 Å². The Hall–Kier alpha value is -1.43. The molecule has 0 atom stereocenters. The highest BCUT2D eigenvalue weighted by Crippen LogP contribution is 2.25. The first-order valence-electron chi connectivity index (χ1n) is 7.95. The van der Waals surface area contributed by atoms with E-state index in [2.05, 4.69) is 49.1 Å². The summed E-state index contributed by atoms with van der Waals surface area (Å²) in [4.78, 5) is 2.39. The molecule has 0 radical (unpaired) electrons. The van der Waals surface area contributed by atoms with Gasteiger partial charge < -0.3 is 9.47 Å². The topological polar surface area (TPSA) is 39.0 Å². The second kappa shape index (κ2) is 6.36. The number of aromatic nitrogens is 2. The molecule has 0 spiro atoms. The summed E-state index contributed by atoms with van der Waals surface area (Å²) >= 11 is 0. The molecule has 0 N–H and O–H groups in total. The fraction of sp³-hybridized carbons (Fsp3) is 0.588. The summed E-state index contributed by atoms with van der Waals surface area (Å²) in [6.45, 7) is 11.7. The van der Waals surface area contributed by atoms with Crippen LogP contribution in [0.3, 0.4) is 0 Å². The van der Waals surface area contributed by atoms with E-state index in [0.717, 1.165) is 50.5 Å². The first-order chi connectivity index (χ1) is 10.6. The fourth-order valence-corrected chi connectivity index (χ4v) is 2.81. The molecule has 3 heterocycles. The predicted octanol–water partition coefficient (Wildman–Crippen LogP) is 2.23. The Morgan fingerprint density at radius 1 is 1.27 bits per heavy atom. The van der Waals surface area contributed by atoms with Crippen molar-refractivity contribution in [2.24, 2.45) is 0 Å². The van der Waals surface area contributed by atoms with Gasteiger partial charge in [-0.1, -0.05) is 6.07 Å². The van der Waals surface area contributed by atoms with E-state index in [1.54, 1.807) is 0 Å². The van der Waals surface area contributed by atoms with E-state index < -0.39 is 0 Å². The summed E-state index contributed by atoms with van der Waals surface area (Å²) in [6, 6.07) is 4.25. The fourth-order valence-electron chi connectivity index (χ4n) is 2.81. The van der Waals surface area contributed by atoms with E-state index in [-0.39, 0.29) is 5.60 Å². The minimum atomic E-state index is -0.319. The van der Waals surface area contributed by atoms with Crippen LogP contribution in [0.25, 0.3) is 5.52 Å². The number of fused-ring (bicyclic) bond motifs is 1. The third-order valence-electron chi connectivity index (χ3n) is 4.38.